The second kappa shape index (κ2) is 3.08. The molecule has 0 bridgehead atoms. The van der Waals surface area contributed by atoms with Crippen LogP contribution in [0.1, 0.15) is 28.4 Å². The first-order valence-electron chi connectivity index (χ1n) is 4.33. The van der Waals surface area contributed by atoms with Crippen molar-refractivity contribution in [3.05, 3.63) is 29.3 Å². The first-order chi connectivity index (χ1) is 6.61. The highest BCUT2D eigenvalue weighted by molar-refractivity contribution is 6.04. The van der Waals surface area contributed by atoms with Crippen molar-refractivity contribution in [2.75, 3.05) is 0 Å². The second-order valence-electron chi connectivity index (χ2n) is 3.37. The van der Waals surface area contributed by atoms with Crippen LogP contribution in [-0.4, -0.2) is 27.2 Å². The first-order valence-corrected chi connectivity index (χ1v) is 4.33. The molecule has 1 aliphatic rings. The number of benzene rings is 1. The third-order valence-electron chi connectivity index (χ3n) is 2.43. The van der Waals surface area contributed by atoms with Crippen LogP contribution in [0, 0.1) is 0 Å². The summed E-state index contributed by atoms with van der Waals surface area (Å²) in [5, 5.41) is 28.3. The number of rotatable bonds is 0. The molecule has 4 nitrogen and oxygen atoms in total. The predicted molar refractivity (Wildman–Crippen MR) is 48.0 cm³/mol. The minimum Gasteiger partial charge on any atom is -0.507 e. The van der Waals surface area contributed by atoms with E-state index in [2.05, 4.69) is 0 Å². The summed E-state index contributed by atoms with van der Waals surface area (Å²) in [6.07, 6.45) is -2.11. The van der Waals surface area contributed by atoms with Crippen molar-refractivity contribution in [2.24, 2.45) is 0 Å². The molecule has 1 aliphatic carbocycles. The number of carbonyl (C=O) groups excluding carboxylic acids is 1. The number of hydrogen-bond acceptors (Lipinski definition) is 4. The zero-order valence-corrected chi connectivity index (χ0v) is 7.34. The molecule has 2 rings (SSSR count). The van der Waals surface area contributed by atoms with E-state index in [4.69, 9.17) is 0 Å². The first kappa shape index (κ1) is 9.18. The van der Waals surface area contributed by atoms with Gasteiger partial charge in [-0.25, -0.2) is 0 Å². The standard InChI is InChI=1S/C10H10O4/c11-6-3-1-2-5-7(12)4-8(13)10(14)9(5)6/h1-3,7-8,11-13H,4H2/t7-,8-/m0/s1. The third-order valence-corrected chi connectivity index (χ3v) is 2.43. The summed E-state index contributed by atoms with van der Waals surface area (Å²) >= 11 is 0. The number of carbonyl (C=O) groups is 1. The fraction of sp³-hybridized carbons (Fsp3) is 0.300. The molecule has 0 radical (unpaired) electrons. The summed E-state index contributed by atoms with van der Waals surface area (Å²) in [5.41, 5.74) is 0.430. The maximum atomic E-state index is 11.5. The molecule has 2 atom stereocenters. The topological polar surface area (TPSA) is 77.8 Å². The molecule has 14 heavy (non-hydrogen) atoms. The zero-order valence-electron chi connectivity index (χ0n) is 7.34. The van der Waals surface area contributed by atoms with Crippen molar-refractivity contribution < 1.29 is 20.1 Å². The SMILES string of the molecule is O=C1c2c(O)cccc2[C@@H](O)C[C@@H]1O. The molecule has 0 aliphatic heterocycles. The van der Waals surface area contributed by atoms with Crippen molar-refractivity contribution in [3.63, 3.8) is 0 Å². The molecule has 0 aromatic heterocycles. The Kier molecular flexibility index (Phi) is 2.02. The van der Waals surface area contributed by atoms with E-state index in [1.54, 1.807) is 12.1 Å². The molecular formula is C10H10O4. The van der Waals surface area contributed by atoms with E-state index in [9.17, 15) is 20.1 Å². The van der Waals surface area contributed by atoms with Crippen LogP contribution in [-0.2, 0) is 0 Å². The molecule has 4 heteroatoms. The van der Waals surface area contributed by atoms with E-state index in [1.807, 2.05) is 0 Å². The van der Waals surface area contributed by atoms with Gasteiger partial charge in [-0.3, -0.25) is 4.79 Å². The van der Waals surface area contributed by atoms with Crippen molar-refractivity contribution in [1.82, 2.24) is 0 Å². The van der Waals surface area contributed by atoms with Gasteiger partial charge in [0.25, 0.3) is 0 Å². The Morgan fingerprint density at radius 3 is 2.64 bits per heavy atom. The lowest BCUT2D eigenvalue weighted by Gasteiger charge is -2.24. The fourth-order valence-corrected chi connectivity index (χ4v) is 1.72. The van der Waals surface area contributed by atoms with Gasteiger partial charge in [-0.2, -0.15) is 0 Å². The van der Waals surface area contributed by atoms with Gasteiger partial charge in [0.2, 0.25) is 0 Å². The number of ketones is 1. The highest BCUT2D eigenvalue weighted by Crippen LogP contribution is 2.34. The van der Waals surface area contributed by atoms with Crippen LogP contribution in [0.5, 0.6) is 5.75 Å². The van der Waals surface area contributed by atoms with Crippen molar-refractivity contribution in [1.29, 1.82) is 0 Å². The molecule has 1 aromatic rings. The summed E-state index contributed by atoms with van der Waals surface area (Å²) in [7, 11) is 0. The number of phenols is 1. The van der Waals surface area contributed by atoms with Gasteiger partial charge in [-0.1, -0.05) is 12.1 Å². The summed E-state index contributed by atoms with van der Waals surface area (Å²) in [6, 6.07) is 4.49. The van der Waals surface area contributed by atoms with E-state index < -0.39 is 18.0 Å². The highest BCUT2D eigenvalue weighted by Gasteiger charge is 2.33. The predicted octanol–water partition coefficient (Wildman–Crippen LogP) is 0.373. The van der Waals surface area contributed by atoms with Crippen LogP contribution in [0.3, 0.4) is 0 Å². The number of Topliss-reactive ketones (excluding diaryl/α,β-unsaturated/α-hetero) is 1. The van der Waals surface area contributed by atoms with Crippen LogP contribution in [0.15, 0.2) is 18.2 Å². The minimum atomic E-state index is -1.22. The number of aromatic hydroxyl groups is 1. The van der Waals surface area contributed by atoms with Crippen molar-refractivity contribution in [2.45, 2.75) is 18.6 Å². The quantitative estimate of drug-likeness (QED) is 0.557. The Morgan fingerprint density at radius 2 is 1.93 bits per heavy atom. The molecule has 0 fully saturated rings. The maximum Gasteiger partial charge on any atom is 0.195 e. The largest absolute Gasteiger partial charge is 0.507 e. The molecule has 0 heterocycles. The number of aliphatic hydroxyl groups is 2. The monoisotopic (exact) mass is 194 g/mol. The third kappa shape index (κ3) is 1.20. The Morgan fingerprint density at radius 1 is 1.21 bits per heavy atom. The highest BCUT2D eigenvalue weighted by atomic mass is 16.3. The Hall–Kier alpha value is -1.39. The molecule has 0 unspecified atom stereocenters. The van der Waals surface area contributed by atoms with Gasteiger partial charge < -0.3 is 15.3 Å². The molecule has 1 aromatic carbocycles. The Bertz CT molecular complexity index is 386. The lowest BCUT2D eigenvalue weighted by molar-refractivity contribution is 0.0480. The zero-order chi connectivity index (χ0) is 10.3. The van der Waals surface area contributed by atoms with Crippen LogP contribution in [0.4, 0.5) is 0 Å². The number of aliphatic hydroxyl groups excluding tert-OH is 2. The van der Waals surface area contributed by atoms with Crippen LogP contribution in [0.25, 0.3) is 0 Å². The van der Waals surface area contributed by atoms with E-state index in [1.165, 1.54) is 6.07 Å². The van der Waals surface area contributed by atoms with Gasteiger partial charge in [-0.15, -0.1) is 0 Å². The fourth-order valence-electron chi connectivity index (χ4n) is 1.72. The molecule has 74 valence electrons. The van der Waals surface area contributed by atoms with Crippen LogP contribution in [0.2, 0.25) is 0 Å². The van der Waals surface area contributed by atoms with Crippen LogP contribution < -0.4 is 0 Å². The number of fused-ring (bicyclic) bond motifs is 1. The van der Waals surface area contributed by atoms with Gasteiger partial charge in [0.15, 0.2) is 5.78 Å². The van der Waals surface area contributed by atoms with Crippen LogP contribution >= 0.6 is 0 Å². The molecule has 0 saturated carbocycles. The van der Waals surface area contributed by atoms with Crippen molar-refractivity contribution in [3.8, 4) is 5.75 Å². The number of hydrogen-bond donors (Lipinski definition) is 3. The Labute approximate surface area is 80.4 Å². The van der Waals surface area contributed by atoms with Gasteiger partial charge >= 0.3 is 0 Å². The van der Waals surface area contributed by atoms with E-state index >= 15 is 0 Å². The summed E-state index contributed by atoms with van der Waals surface area (Å²) < 4.78 is 0. The Balaban J connectivity index is 2.62. The van der Waals surface area contributed by atoms with Gasteiger partial charge in [0.05, 0.1) is 11.7 Å². The van der Waals surface area contributed by atoms with E-state index in [-0.39, 0.29) is 17.7 Å². The van der Waals surface area contributed by atoms with Crippen molar-refractivity contribution >= 4 is 5.78 Å². The second-order valence-corrected chi connectivity index (χ2v) is 3.37. The lowest BCUT2D eigenvalue weighted by atomic mass is 9.86. The molecule has 3 N–H and O–H groups in total. The molecular weight excluding hydrogens is 184 g/mol. The molecule has 0 saturated heterocycles. The molecule has 0 amide bonds. The number of phenolic OH excluding ortho intramolecular Hbond substituents is 1. The average Bonchev–Trinajstić information content (AvgIpc) is 2.14. The van der Waals surface area contributed by atoms with E-state index in [0.29, 0.717) is 5.56 Å². The molecule has 0 spiro atoms. The summed E-state index contributed by atoms with van der Waals surface area (Å²) in [4.78, 5) is 11.5. The van der Waals surface area contributed by atoms with Gasteiger partial charge in [-0.05, 0) is 11.6 Å². The van der Waals surface area contributed by atoms with Gasteiger partial charge in [0, 0.05) is 6.42 Å². The normalized spacial score (nSPS) is 26.0. The lowest BCUT2D eigenvalue weighted by Crippen LogP contribution is -2.29. The maximum absolute atomic E-state index is 11.5. The van der Waals surface area contributed by atoms with Gasteiger partial charge in [0.1, 0.15) is 11.9 Å². The smallest absolute Gasteiger partial charge is 0.195 e. The minimum absolute atomic E-state index is 0.00468. The summed E-state index contributed by atoms with van der Waals surface area (Å²) in [5.74, 6) is -0.714. The summed E-state index contributed by atoms with van der Waals surface area (Å²) in [6.45, 7) is 0. The average molecular weight is 194 g/mol. The van der Waals surface area contributed by atoms with E-state index in [0.717, 1.165) is 0 Å².